The van der Waals surface area contributed by atoms with Crippen molar-refractivity contribution in [2.45, 2.75) is 19.3 Å². The van der Waals surface area contributed by atoms with Crippen LogP contribution < -0.4 is 15.4 Å². The molecule has 4 heteroatoms. The van der Waals surface area contributed by atoms with Crippen LogP contribution >= 0.6 is 0 Å². The minimum atomic E-state index is 0.0949. The van der Waals surface area contributed by atoms with E-state index < -0.39 is 0 Å². The first-order valence-electron chi connectivity index (χ1n) is 7.56. The molecule has 2 aromatic carbocycles. The fraction of sp³-hybridized carbons (Fsp3) is 0.278. The number of anilines is 2. The summed E-state index contributed by atoms with van der Waals surface area (Å²) in [6.07, 6.45) is 0.464. The third-order valence-corrected chi connectivity index (χ3v) is 3.99. The Morgan fingerprint density at radius 3 is 2.77 bits per heavy atom. The molecule has 114 valence electrons. The van der Waals surface area contributed by atoms with Crippen LogP contribution in [-0.4, -0.2) is 19.1 Å². The van der Waals surface area contributed by atoms with Gasteiger partial charge in [-0.25, -0.2) is 0 Å². The monoisotopic (exact) mass is 296 g/mol. The molecule has 0 saturated carbocycles. The molecule has 1 aliphatic heterocycles. The maximum absolute atomic E-state index is 12.4. The summed E-state index contributed by atoms with van der Waals surface area (Å²) < 4.78 is 5.95. The molecule has 2 N–H and O–H groups in total. The van der Waals surface area contributed by atoms with Crippen molar-refractivity contribution < 1.29 is 9.53 Å². The van der Waals surface area contributed by atoms with Crippen molar-refractivity contribution in [1.82, 2.24) is 0 Å². The highest BCUT2D eigenvalue weighted by Gasteiger charge is 2.27. The third-order valence-electron chi connectivity index (χ3n) is 3.99. The van der Waals surface area contributed by atoms with E-state index in [9.17, 15) is 4.79 Å². The van der Waals surface area contributed by atoms with Gasteiger partial charge < -0.3 is 15.4 Å². The molecule has 1 atom stereocenters. The van der Waals surface area contributed by atoms with E-state index in [2.05, 4.69) is 12.1 Å². The highest BCUT2D eigenvalue weighted by atomic mass is 16.5. The smallest absolute Gasteiger partial charge is 0.226 e. The number of carbonyl (C=O) groups excluding carboxylic acids is 1. The molecule has 0 aliphatic carbocycles. The van der Waals surface area contributed by atoms with Crippen LogP contribution in [-0.2, 0) is 4.79 Å². The van der Waals surface area contributed by atoms with Gasteiger partial charge in [0.2, 0.25) is 5.91 Å². The van der Waals surface area contributed by atoms with Crippen LogP contribution in [0.3, 0.4) is 0 Å². The number of hydrogen-bond donors (Lipinski definition) is 1. The second-order valence-electron chi connectivity index (χ2n) is 5.50. The predicted molar refractivity (Wildman–Crippen MR) is 88.2 cm³/mol. The topological polar surface area (TPSA) is 55.6 Å². The molecular weight excluding hydrogens is 276 g/mol. The summed E-state index contributed by atoms with van der Waals surface area (Å²) in [7, 11) is 0. The molecule has 0 bridgehead atoms. The highest BCUT2D eigenvalue weighted by molar-refractivity contribution is 5.95. The number of ether oxygens (including phenoxy) is 1. The maximum atomic E-state index is 12.4. The number of fused-ring (bicyclic) bond motifs is 1. The Kier molecular flexibility index (Phi) is 4.00. The highest BCUT2D eigenvalue weighted by Crippen LogP contribution is 2.36. The Labute approximate surface area is 130 Å². The minimum Gasteiger partial charge on any atom is -0.491 e. The average Bonchev–Trinajstić information content (AvgIpc) is 2.74. The van der Waals surface area contributed by atoms with Crippen molar-refractivity contribution in [2.24, 2.45) is 0 Å². The second-order valence-corrected chi connectivity index (χ2v) is 5.50. The maximum Gasteiger partial charge on any atom is 0.226 e. The van der Waals surface area contributed by atoms with E-state index in [0.29, 0.717) is 31.0 Å². The van der Waals surface area contributed by atoms with E-state index in [0.717, 1.165) is 5.69 Å². The Morgan fingerprint density at radius 1 is 1.27 bits per heavy atom. The Morgan fingerprint density at radius 2 is 2.05 bits per heavy atom. The minimum absolute atomic E-state index is 0.0949. The third kappa shape index (κ3) is 2.77. The van der Waals surface area contributed by atoms with Crippen LogP contribution in [0.15, 0.2) is 48.5 Å². The quantitative estimate of drug-likeness (QED) is 0.866. The van der Waals surface area contributed by atoms with E-state index in [1.807, 2.05) is 36.1 Å². The number of benzene rings is 2. The van der Waals surface area contributed by atoms with Crippen molar-refractivity contribution in [3.05, 3.63) is 54.1 Å². The Bertz CT molecular complexity index is 670. The van der Waals surface area contributed by atoms with E-state index in [4.69, 9.17) is 10.5 Å². The van der Waals surface area contributed by atoms with Crippen LogP contribution in [0.1, 0.15) is 24.8 Å². The molecule has 22 heavy (non-hydrogen) atoms. The van der Waals surface area contributed by atoms with Gasteiger partial charge in [-0.3, -0.25) is 4.79 Å². The van der Waals surface area contributed by atoms with E-state index in [-0.39, 0.29) is 11.8 Å². The SMILES string of the molecule is CCC(=O)N1CC(c2ccccc2)COc2cc(N)ccc21. The van der Waals surface area contributed by atoms with Gasteiger partial charge in [-0.15, -0.1) is 0 Å². The number of amides is 1. The fourth-order valence-corrected chi connectivity index (χ4v) is 2.78. The first-order valence-corrected chi connectivity index (χ1v) is 7.56. The fourth-order valence-electron chi connectivity index (χ4n) is 2.78. The molecule has 0 radical (unpaired) electrons. The van der Waals surface area contributed by atoms with Crippen LogP contribution in [0.5, 0.6) is 5.75 Å². The zero-order valence-electron chi connectivity index (χ0n) is 12.7. The summed E-state index contributed by atoms with van der Waals surface area (Å²) in [5, 5.41) is 0. The molecule has 0 fully saturated rings. The van der Waals surface area contributed by atoms with E-state index in [1.54, 1.807) is 12.1 Å². The van der Waals surface area contributed by atoms with E-state index in [1.165, 1.54) is 5.56 Å². The molecule has 0 saturated heterocycles. The number of hydrogen-bond acceptors (Lipinski definition) is 3. The molecular formula is C18H20N2O2. The normalized spacial score (nSPS) is 17.3. The van der Waals surface area contributed by atoms with Gasteiger partial charge in [-0.1, -0.05) is 37.3 Å². The van der Waals surface area contributed by atoms with Crippen molar-refractivity contribution in [1.29, 1.82) is 0 Å². The van der Waals surface area contributed by atoms with Crippen molar-refractivity contribution in [2.75, 3.05) is 23.8 Å². The van der Waals surface area contributed by atoms with Crippen molar-refractivity contribution in [3.8, 4) is 5.75 Å². The zero-order chi connectivity index (χ0) is 15.5. The Hall–Kier alpha value is -2.49. The zero-order valence-corrected chi connectivity index (χ0v) is 12.7. The van der Waals surface area contributed by atoms with Crippen molar-refractivity contribution in [3.63, 3.8) is 0 Å². The average molecular weight is 296 g/mol. The number of nitrogens with zero attached hydrogens (tertiary/aromatic N) is 1. The van der Waals surface area contributed by atoms with Crippen molar-refractivity contribution >= 4 is 17.3 Å². The summed E-state index contributed by atoms with van der Waals surface area (Å²) in [4.78, 5) is 14.2. The first-order chi connectivity index (χ1) is 10.7. The standard InChI is InChI=1S/C18H20N2O2/c1-2-18(21)20-11-14(13-6-4-3-5-7-13)12-22-17-10-15(19)8-9-16(17)20/h3-10,14H,2,11-12,19H2,1H3. The van der Waals surface area contributed by atoms with Crippen LogP contribution in [0.2, 0.25) is 0 Å². The van der Waals surface area contributed by atoms with Gasteiger partial charge in [0.15, 0.2) is 0 Å². The lowest BCUT2D eigenvalue weighted by Gasteiger charge is -2.24. The summed E-state index contributed by atoms with van der Waals surface area (Å²) in [6.45, 7) is 3.03. The molecule has 0 spiro atoms. The summed E-state index contributed by atoms with van der Waals surface area (Å²) in [5.74, 6) is 0.919. The van der Waals surface area contributed by atoms with Gasteiger partial charge in [0.1, 0.15) is 5.75 Å². The Balaban J connectivity index is 1.98. The summed E-state index contributed by atoms with van der Waals surface area (Å²) >= 11 is 0. The lowest BCUT2D eigenvalue weighted by atomic mass is 9.99. The van der Waals surface area contributed by atoms with Gasteiger partial charge in [0.05, 0.1) is 12.3 Å². The van der Waals surface area contributed by atoms with E-state index >= 15 is 0 Å². The molecule has 1 unspecified atom stereocenters. The molecule has 3 rings (SSSR count). The molecule has 1 amide bonds. The molecule has 2 aromatic rings. The lowest BCUT2D eigenvalue weighted by molar-refractivity contribution is -0.118. The number of rotatable bonds is 2. The molecule has 1 aliphatic rings. The number of carbonyl (C=O) groups is 1. The van der Waals surface area contributed by atoms with Gasteiger partial charge in [-0.2, -0.15) is 0 Å². The second kappa shape index (κ2) is 6.10. The predicted octanol–water partition coefficient (Wildman–Crippen LogP) is 3.19. The molecule has 1 heterocycles. The van der Waals surface area contributed by atoms with Gasteiger partial charge >= 0.3 is 0 Å². The molecule has 4 nitrogen and oxygen atoms in total. The first kappa shape index (κ1) is 14.4. The van der Waals surface area contributed by atoms with Gasteiger partial charge in [0, 0.05) is 30.6 Å². The largest absolute Gasteiger partial charge is 0.491 e. The summed E-state index contributed by atoms with van der Waals surface area (Å²) in [5.41, 5.74) is 8.47. The van der Waals surface area contributed by atoms with Crippen LogP contribution in [0.25, 0.3) is 0 Å². The lowest BCUT2D eigenvalue weighted by Crippen LogP contribution is -2.34. The number of nitrogens with two attached hydrogens (primary N) is 1. The van der Waals surface area contributed by atoms with Crippen LogP contribution in [0, 0.1) is 0 Å². The van der Waals surface area contributed by atoms with Gasteiger partial charge in [-0.05, 0) is 17.7 Å². The number of nitrogen functional groups attached to an aromatic ring is 1. The van der Waals surface area contributed by atoms with Gasteiger partial charge in [0.25, 0.3) is 0 Å². The van der Waals surface area contributed by atoms with Crippen LogP contribution in [0.4, 0.5) is 11.4 Å². The molecule has 0 aromatic heterocycles. The summed E-state index contributed by atoms with van der Waals surface area (Å²) in [6, 6.07) is 15.6.